The van der Waals surface area contributed by atoms with Crippen molar-refractivity contribution in [1.29, 1.82) is 10.8 Å². The summed E-state index contributed by atoms with van der Waals surface area (Å²) in [5.41, 5.74) is 10.9. The van der Waals surface area contributed by atoms with E-state index in [1.165, 1.54) is 0 Å². The van der Waals surface area contributed by atoms with Crippen molar-refractivity contribution in [3.05, 3.63) is 35.4 Å². The number of carbonyl (C=O) groups is 3. The highest BCUT2D eigenvalue weighted by molar-refractivity contribution is 6.01. The van der Waals surface area contributed by atoms with Crippen LogP contribution in [0.2, 0.25) is 0 Å². The highest BCUT2D eigenvalue weighted by Crippen LogP contribution is 2.13. The van der Waals surface area contributed by atoms with E-state index in [0.717, 1.165) is 6.34 Å². The highest BCUT2D eigenvalue weighted by Gasteiger charge is 2.32. The van der Waals surface area contributed by atoms with Crippen molar-refractivity contribution in [2.24, 2.45) is 11.5 Å². The van der Waals surface area contributed by atoms with Crippen LogP contribution in [0, 0.1) is 10.8 Å². The van der Waals surface area contributed by atoms with Crippen molar-refractivity contribution in [1.82, 2.24) is 5.06 Å². The molecular formula is C14H17N5O4. The number of nitrogen functional groups attached to an aromatic ring is 1. The molecular weight excluding hydrogens is 302 g/mol. The molecule has 0 unspecified atom stereocenters. The van der Waals surface area contributed by atoms with E-state index in [9.17, 15) is 14.4 Å². The Morgan fingerprint density at radius 3 is 2.13 bits per heavy atom. The predicted molar refractivity (Wildman–Crippen MR) is 81.3 cm³/mol. The Balaban J connectivity index is 0.000000816. The van der Waals surface area contributed by atoms with Gasteiger partial charge in [0.2, 0.25) is 0 Å². The van der Waals surface area contributed by atoms with Gasteiger partial charge in [-0.25, -0.2) is 4.79 Å². The summed E-state index contributed by atoms with van der Waals surface area (Å²) in [4.78, 5) is 39.0. The fourth-order valence-electron chi connectivity index (χ4n) is 1.76. The molecule has 6 N–H and O–H groups in total. The molecule has 122 valence electrons. The molecule has 0 radical (unpaired) electrons. The molecule has 1 heterocycles. The van der Waals surface area contributed by atoms with Gasteiger partial charge in [0.25, 0.3) is 11.8 Å². The SMILES string of the molecule is N=C(N)c1ccc(CC(=O)ON2C(=O)CCC2=O)cc1.N=CN. The van der Waals surface area contributed by atoms with Crippen LogP contribution in [-0.4, -0.2) is 35.0 Å². The molecule has 1 aromatic carbocycles. The molecule has 0 spiro atoms. The highest BCUT2D eigenvalue weighted by atomic mass is 16.7. The lowest BCUT2D eigenvalue weighted by Crippen LogP contribution is -2.32. The number of rotatable bonds is 4. The summed E-state index contributed by atoms with van der Waals surface area (Å²) in [7, 11) is 0. The van der Waals surface area contributed by atoms with E-state index in [1.807, 2.05) is 0 Å². The Kier molecular flexibility index (Phi) is 6.41. The van der Waals surface area contributed by atoms with Crippen LogP contribution in [0.3, 0.4) is 0 Å². The number of benzene rings is 1. The molecule has 0 saturated carbocycles. The fourth-order valence-corrected chi connectivity index (χ4v) is 1.76. The number of carbonyl (C=O) groups excluding carboxylic acids is 3. The summed E-state index contributed by atoms with van der Waals surface area (Å²) in [5, 5.41) is 13.6. The molecule has 2 rings (SSSR count). The zero-order valence-corrected chi connectivity index (χ0v) is 12.2. The molecule has 2 amide bonds. The number of amidine groups is 1. The van der Waals surface area contributed by atoms with Crippen LogP contribution in [0.5, 0.6) is 0 Å². The minimum Gasteiger partial charge on any atom is -0.390 e. The number of nitrogens with zero attached hydrogens (tertiary/aromatic N) is 1. The van der Waals surface area contributed by atoms with E-state index in [0.29, 0.717) is 16.2 Å². The number of amides is 2. The van der Waals surface area contributed by atoms with Crippen LogP contribution in [0.1, 0.15) is 24.0 Å². The number of nitrogens with two attached hydrogens (primary N) is 2. The predicted octanol–water partition coefficient (Wildman–Crippen LogP) is -0.327. The van der Waals surface area contributed by atoms with E-state index in [4.69, 9.17) is 21.4 Å². The Morgan fingerprint density at radius 2 is 1.70 bits per heavy atom. The van der Waals surface area contributed by atoms with Gasteiger partial charge in [-0.15, -0.1) is 5.06 Å². The Bertz CT molecular complexity index is 611. The first kappa shape index (κ1) is 17.8. The molecule has 23 heavy (non-hydrogen) atoms. The van der Waals surface area contributed by atoms with Crippen LogP contribution in [0.15, 0.2) is 24.3 Å². The second-order valence-corrected chi connectivity index (χ2v) is 4.50. The number of imide groups is 1. The Labute approximate surface area is 132 Å². The van der Waals surface area contributed by atoms with E-state index < -0.39 is 17.8 Å². The van der Waals surface area contributed by atoms with Gasteiger partial charge >= 0.3 is 5.97 Å². The van der Waals surface area contributed by atoms with Crippen molar-refractivity contribution < 1.29 is 19.2 Å². The fraction of sp³-hybridized carbons (Fsp3) is 0.214. The van der Waals surface area contributed by atoms with Crippen LogP contribution in [-0.2, 0) is 25.6 Å². The summed E-state index contributed by atoms with van der Waals surface area (Å²) in [6, 6.07) is 6.48. The first-order chi connectivity index (χ1) is 10.9. The van der Waals surface area contributed by atoms with Gasteiger partial charge in [0.1, 0.15) is 5.84 Å². The maximum Gasteiger partial charge on any atom is 0.337 e. The smallest absolute Gasteiger partial charge is 0.337 e. The summed E-state index contributed by atoms with van der Waals surface area (Å²) >= 11 is 0. The average Bonchev–Trinajstić information content (AvgIpc) is 2.80. The number of hydroxylamine groups is 2. The van der Waals surface area contributed by atoms with Gasteiger partial charge in [0.05, 0.1) is 12.8 Å². The van der Waals surface area contributed by atoms with Crippen molar-refractivity contribution in [2.75, 3.05) is 0 Å². The van der Waals surface area contributed by atoms with Crippen LogP contribution >= 0.6 is 0 Å². The van der Waals surface area contributed by atoms with E-state index in [-0.39, 0.29) is 25.1 Å². The third-order valence-electron chi connectivity index (χ3n) is 2.81. The van der Waals surface area contributed by atoms with E-state index in [2.05, 4.69) is 5.73 Å². The average molecular weight is 319 g/mol. The summed E-state index contributed by atoms with van der Waals surface area (Å²) in [6.45, 7) is 0. The normalized spacial score (nSPS) is 13.1. The molecule has 9 nitrogen and oxygen atoms in total. The Morgan fingerprint density at radius 1 is 1.22 bits per heavy atom. The molecule has 1 aliphatic rings. The van der Waals surface area contributed by atoms with E-state index >= 15 is 0 Å². The minimum absolute atomic E-state index is 0.0626. The summed E-state index contributed by atoms with van der Waals surface area (Å²) < 4.78 is 0. The molecule has 1 aromatic rings. The third kappa shape index (κ3) is 5.23. The quantitative estimate of drug-likeness (QED) is 0.337. The van der Waals surface area contributed by atoms with Crippen molar-refractivity contribution in [3.63, 3.8) is 0 Å². The zero-order chi connectivity index (χ0) is 17.4. The molecule has 0 aromatic heterocycles. The minimum atomic E-state index is -0.691. The van der Waals surface area contributed by atoms with Gasteiger partial charge in [0, 0.05) is 18.4 Å². The standard InChI is InChI=1S/C13H13N3O4.CH4N2/c14-13(15)9-3-1-8(2-4-9)7-12(19)20-16-10(17)5-6-11(16)18;2-1-3/h1-4H,5-7H2,(H3,14,15);1H,(H3,2,3). The molecule has 0 bridgehead atoms. The van der Waals surface area contributed by atoms with Crippen LogP contribution in [0.4, 0.5) is 0 Å². The van der Waals surface area contributed by atoms with Gasteiger partial charge in [-0.2, -0.15) is 0 Å². The lowest BCUT2D eigenvalue weighted by atomic mass is 10.1. The topological polar surface area (TPSA) is 163 Å². The number of hydrogen-bond donors (Lipinski definition) is 4. The second kappa shape index (κ2) is 8.27. The third-order valence-corrected chi connectivity index (χ3v) is 2.81. The lowest BCUT2D eigenvalue weighted by molar-refractivity contribution is -0.197. The van der Waals surface area contributed by atoms with Gasteiger partial charge in [-0.05, 0) is 5.56 Å². The van der Waals surface area contributed by atoms with E-state index in [1.54, 1.807) is 24.3 Å². The molecule has 1 aliphatic heterocycles. The molecule has 1 fully saturated rings. The van der Waals surface area contributed by atoms with Crippen molar-refractivity contribution in [3.8, 4) is 0 Å². The summed E-state index contributed by atoms with van der Waals surface area (Å²) in [6.07, 6.45) is 0.814. The largest absolute Gasteiger partial charge is 0.390 e. The first-order valence-electron chi connectivity index (χ1n) is 6.59. The Hall–Kier alpha value is -3.23. The maximum atomic E-state index is 11.6. The lowest BCUT2D eigenvalue weighted by Gasteiger charge is -2.12. The maximum absolute atomic E-state index is 11.6. The second-order valence-electron chi connectivity index (χ2n) is 4.50. The zero-order valence-electron chi connectivity index (χ0n) is 12.2. The molecule has 0 atom stereocenters. The van der Waals surface area contributed by atoms with Gasteiger partial charge < -0.3 is 16.3 Å². The monoisotopic (exact) mass is 319 g/mol. The van der Waals surface area contributed by atoms with Gasteiger partial charge in [-0.1, -0.05) is 24.3 Å². The van der Waals surface area contributed by atoms with Crippen LogP contribution in [0.25, 0.3) is 0 Å². The summed E-state index contributed by atoms with van der Waals surface area (Å²) in [5.74, 6) is -1.76. The first-order valence-corrected chi connectivity index (χ1v) is 6.59. The van der Waals surface area contributed by atoms with Crippen molar-refractivity contribution >= 4 is 30.0 Å². The number of hydrogen-bond acceptors (Lipinski definition) is 6. The van der Waals surface area contributed by atoms with Crippen LogP contribution < -0.4 is 11.5 Å². The van der Waals surface area contributed by atoms with Gasteiger partial charge in [-0.3, -0.25) is 20.4 Å². The van der Waals surface area contributed by atoms with Crippen molar-refractivity contribution in [2.45, 2.75) is 19.3 Å². The molecule has 1 saturated heterocycles. The number of nitrogens with one attached hydrogen (secondary N) is 2. The van der Waals surface area contributed by atoms with Gasteiger partial charge in [0.15, 0.2) is 0 Å². The molecule has 9 heteroatoms. The molecule has 0 aliphatic carbocycles.